The van der Waals surface area contributed by atoms with Crippen LogP contribution in [0, 0.1) is 0 Å². The van der Waals surface area contributed by atoms with E-state index in [0.717, 1.165) is 0 Å². The van der Waals surface area contributed by atoms with E-state index >= 15 is 0 Å². The molecule has 4 atom stereocenters. The van der Waals surface area contributed by atoms with Gasteiger partial charge in [0.05, 0.1) is 12.6 Å². The van der Waals surface area contributed by atoms with Crippen molar-refractivity contribution >= 4 is 35.3 Å². The van der Waals surface area contributed by atoms with E-state index < -0.39 is 74.0 Å². The molecule has 0 aromatic rings. The Morgan fingerprint density at radius 2 is 1.31 bits per heavy atom. The van der Waals surface area contributed by atoms with Crippen molar-refractivity contribution in [3.63, 3.8) is 0 Å². The second kappa shape index (κ2) is 12.1. The number of aliphatic hydroxyl groups excluding tert-OH is 5. The van der Waals surface area contributed by atoms with Crippen molar-refractivity contribution in [1.29, 1.82) is 0 Å². The molecule has 0 aromatic carbocycles. The van der Waals surface area contributed by atoms with Crippen LogP contribution in [0.1, 0.15) is 12.8 Å². The summed E-state index contributed by atoms with van der Waals surface area (Å²) in [7, 11) is 0. The van der Waals surface area contributed by atoms with Gasteiger partial charge in [-0.2, -0.15) is 0 Å². The number of rotatable bonds is 13. The molecule has 13 nitrogen and oxygen atoms in total. The summed E-state index contributed by atoms with van der Waals surface area (Å²) in [6, 6.07) is 0. The Kier molecular flexibility index (Phi) is 12.5. The second-order valence-electron chi connectivity index (χ2n) is 5.05. The predicted octanol–water partition coefficient (Wildman–Crippen LogP) is -8.24. The number of carbonyl (C=O) groups is 3. The largest absolute Gasteiger partial charge is 3.00 e. The molecule has 0 aliphatic carbocycles. The van der Waals surface area contributed by atoms with Crippen molar-refractivity contribution < 1.29 is 65.0 Å². The first-order chi connectivity index (χ1) is 11.5. The number of hydrogen-bond acceptors (Lipinski definition) is 13. The van der Waals surface area contributed by atoms with E-state index in [1.54, 1.807) is 0 Å². The van der Waals surface area contributed by atoms with E-state index in [2.05, 4.69) is 9.78 Å². The van der Waals surface area contributed by atoms with Gasteiger partial charge in [0.15, 0.2) is 5.60 Å². The molecule has 0 aliphatic heterocycles. The summed E-state index contributed by atoms with van der Waals surface area (Å²) in [6.07, 6.45) is -10.9. The van der Waals surface area contributed by atoms with Crippen LogP contribution in [0.4, 0.5) is 0 Å². The van der Waals surface area contributed by atoms with Gasteiger partial charge >= 0.3 is 17.4 Å². The standard InChI is InChI=1S/C12H20O13.Al/c13-3-5(14)9(20)10(21)6(15)4-24-25-12(11(22)23,1-7(16)17)2-8(18)19;/h5-6,9-10,13-15,20-21H,1-4H2,(H,16,17)(H,18,19)(H,22,23);/q;+3/p-3/t5-,6+,9-,10-;/m1./s1. The van der Waals surface area contributed by atoms with Crippen molar-refractivity contribution in [3.8, 4) is 0 Å². The normalized spacial score (nSPS) is 16.0. The van der Waals surface area contributed by atoms with Gasteiger partial charge in [-0.1, -0.05) is 0 Å². The van der Waals surface area contributed by atoms with Crippen LogP contribution in [0.15, 0.2) is 0 Å². The number of aliphatic carboxylic acids is 3. The molecular formula is C12H17AlO13. The van der Waals surface area contributed by atoms with Crippen LogP contribution in [-0.4, -0.2) is 104 Å². The fourth-order valence-corrected chi connectivity index (χ4v) is 1.64. The average molecular weight is 396 g/mol. The minimum absolute atomic E-state index is 0. The summed E-state index contributed by atoms with van der Waals surface area (Å²) in [5, 5.41) is 78.2. The molecule has 5 N–H and O–H groups in total. The van der Waals surface area contributed by atoms with Gasteiger partial charge < -0.3 is 55.2 Å². The van der Waals surface area contributed by atoms with E-state index in [4.69, 9.17) is 10.2 Å². The summed E-state index contributed by atoms with van der Waals surface area (Å²) < 4.78 is 0. The SMILES string of the molecule is O=C([O-])CC(CC(=O)[O-])(OOC[C@H](O)[C@@H](O)[C@H](O)[C@H](O)CO)C(=O)[O-].[Al+3]. The zero-order chi connectivity index (χ0) is 19.8. The van der Waals surface area contributed by atoms with Gasteiger partial charge in [-0.25, -0.2) is 9.78 Å². The Balaban J connectivity index is 0. The van der Waals surface area contributed by atoms with E-state index in [-0.39, 0.29) is 17.4 Å². The zero-order valence-corrected chi connectivity index (χ0v) is 14.4. The second-order valence-corrected chi connectivity index (χ2v) is 5.05. The molecule has 146 valence electrons. The molecule has 0 amide bonds. The number of carbonyl (C=O) groups excluding carboxylic acids is 3. The molecule has 0 radical (unpaired) electrons. The molecule has 14 heteroatoms. The monoisotopic (exact) mass is 396 g/mol. The van der Waals surface area contributed by atoms with E-state index in [0.29, 0.717) is 0 Å². The third-order valence-electron chi connectivity index (χ3n) is 3.01. The number of hydrogen-bond donors (Lipinski definition) is 5. The van der Waals surface area contributed by atoms with Crippen LogP contribution in [0.3, 0.4) is 0 Å². The van der Waals surface area contributed by atoms with Crippen LogP contribution in [0.2, 0.25) is 0 Å². The summed E-state index contributed by atoms with van der Waals surface area (Å²) in [5.41, 5.74) is -3.04. The van der Waals surface area contributed by atoms with Crippen LogP contribution in [0.5, 0.6) is 0 Å². The van der Waals surface area contributed by atoms with Crippen molar-refractivity contribution in [3.05, 3.63) is 0 Å². The number of carboxylic acid groups (broad SMARTS) is 3. The summed E-state index contributed by atoms with van der Waals surface area (Å²) in [5.74, 6) is -6.32. The minimum atomic E-state index is -3.04. The van der Waals surface area contributed by atoms with Gasteiger partial charge in [0, 0.05) is 24.8 Å². The number of carboxylic acids is 3. The fraction of sp³-hybridized carbons (Fsp3) is 0.750. The van der Waals surface area contributed by atoms with Gasteiger partial charge in [-0.3, -0.25) is 0 Å². The maximum absolute atomic E-state index is 11.0. The Bertz CT molecular complexity index is 454. The van der Waals surface area contributed by atoms with Crippen molar-refractivity contribution in [2.45, 2.75) is 42.9 Å². The third-order valence-corrected chi connectivity index (χ3v) is 3.01. The molecule has 0 fully saturated rings. The summed E-state index contributed by atoms with van der Waals surface area (Å²) in [4.78, 5) is 40.7. The van der Waals surface area contributed by atoms with Crippen LogP contribution in [-0.2, 0) is 24.2 Å². The van der Waals surface area contributed by atoms with E-state index in [9.17, 15) is 45.0 Å². The first-order valence-corrected chi connectivity index (χ1v) is 6.71. The maximum atomic E-state index is 11.0. The van der Waals surface area contributed by atoms with Gasteiger partial charge in [0.25, 0.3) is 0 Å². The van der Waals surface area contributed by atoms with Crippen molar-refractivity contribution in [1.82, 2.24) is 0 Å². The summed E-state index contributed by atoms with van der Waals surface area (Å²) in [6.45, 7) is -2.03. The van der Waals surface area contributed by atoms with Gasteiger partial charge in [-0.05, 0) is 0 Å². The molecule has 0 saturated carbocycles. The molecule has 0 bridgehead atoms. The minimum Gasteiger partial charge on any atom is -0.550 e. The molecule has 0 rings (SSSR count). The van der Waals surface area contributed by atoms with Crippen molar-refractivity contribution in [2.75, 3.05) is 13.2 Å². The molecule has 0 aliphatic rings. The van der Waals surface area contributed by atoms with E-state index in [1.165, 1.54) is 0 Å². The predicted molar refractivity (Wildman–Crippen MR) is 70.9 cm³/mol. The molecule has 0 heterocycles. The molecule has 26 heavy (non-hydrogen) atoms. The first-order valence-electron chi connectivity index (χ1n) is 6.71. The molecular weight excluding hydrogens is 379 g/mol. The molecule has 0 spiro atoms. The first kappa shape index (κ1) is 26.9. The quantitative estimate of drug-likeness (QED) is 0.110. The fourth-order valence-electron chi connectivity index (χ4n) is 1.64. The number of aliphatic hydroxyl groups is 5. The maximum Gasteiger partial charge on any atom is 3.00 e. The Morgan fingerprint density at radius 1 is 0.885 bits per heavy atom. The zero-order valence-electron chi connectivity index (χ0n) is 13.2. The third kappa shape index (κ3) is 8.36. The summed E-state index contributed by atoms with van der Waals surface area (Å²) >= 11 is 0. The molecule has 0 unspecified atom stereocenters. The average Bonchev–Trinajstić information content (AvgIpc) is 2.50. The van der Waals surface area contributed by atoms with Crippen LogP contribution in [0.25, 0.3) is 0 Å². The van der Waals surface area contributed by atoms with Gasteiger partial charge in [-0.15, -0.1) is 0 Å². The van der Waals surface area contributed by atoms with E-state index in [1.807, 2.05) is 0 Å². The van der Waals surface area contributed by atoms with Crippen LogP contribution < -0.4 is 15.3 Å². The molecule has 0 saturated heterocycles. The Labute approximate surface area is 157 Å². The smallest absolute Gasteiger partial charge is 0.550 e. The van der Waals surface area contributed by atoms with Gasteiger partial charge in [0.2, 0.25) is 0 Å². The van der Waals surface area contributed by atoms with Crippen LogP contribution >= 0.6 is 0 Å². The topological polar surface area (TPSA) is 240 Å². The Hall–Kier alpha value is -1.34. The molecule has 0 aromatic heterocycles. The van der Waals surface area contributed by atoms with Crippen molar-refractivity contribution in [2.24, 2.45) is 0 Å². The Morgan fingerprint density at radius 3 is 1.65 bits per heavy atom. The van der Waals surface area contributed by atoms with Gasteiger partial charge in [0.1, 0.15) is 31.0 Å².